The summed E-state index contributed by atoms with van der Waals surface area (Å²) in [4.78, 5) is 10.4. The number of rotatable bonds is 4. The molecule has 0 aliphatic heterocycles. The molecule has 0 unspecified atom stereocenters. The Morgan fingerprint density at radius 1 is 1.33 bits per heavy atom. The molecule has 0 spiro atoms. The lowest BCUT2D eigenvalue weighted by Crippen LogP contribution is -2.30. The second kappa shape index (κ2) is 5.59. The zero-order valence-corrected chi connectivity index (χ0v) is 6.24. The molecule has 0 aliphatic rings. The lowest BCUT2D eigenvalue weighted by Gasteiger charge is -2.00. The van der Waals surface area contributed by atoms with E-state index < -0.39 is 24.2 Å². The Kier molecular flexibility index (Phi) is 5.11. The maximum absolute atomic E-state index is 12.0. The van der Waals surface area contributed by atoms with Crippen molar-refractivity contribution >= 4 is 5.91 Å². The van der Waals surface area contributed by atoms with Gasteiger partial charge in [0.1, 0.15) is 0 Å². The van der Waals surface area contributed by atoms with Crippen LogP contribution in [0.2, 0.25) is 0 Å². The van der Waals surface area contributed by atoms with Gasteiger partial charge in [0.15, 0.2) is 5.83 Å². The molecule has 3 nitrogen and oxygen atoms in total. The molecular weight excluding hydrogens is 173 g/mol. The molecule has 0 aromatic heterocycles. The van der Waals surface area contributed by atoms with Gasteiger partial charge < -0.3 is 11.1 Å². The van der Waals surface area contributed by atoms with Crippen molar-refractivity contribution in [1.82, 2.24) is 5.32 Å². The number of carbonyl (C=O) groups excluding carboxylic acids is 1. The van der Waals surface area contributed by atoms with Gasteiger partial charge in [0.2, 0.25) is 5.91 Å². The van der Waals surface area contributed by atoms with Crippen LogP contribution in [0.15, 0.2) is 11.9 Å². The summed E-state index contributed by atoms with van der Waals surface area (Å²) in [6.45, 7) is -0.400. The summed E-state index contributed by atoms with van der Waals surface area (Å²) in [7, 11) is 0. The molecule has 0 radical (unpaired) electrons. The Bertz CT molecular complexity index is 189. The molecule has 0 heterocycles. The van der Waals surface area contributed by atoms with Crippen molar-refractivity contribution in [3.8, 4) is 0 Å². The SMILES string of the molecule is NCC(=O)NCCC(F)=C(F)F. The third-order valence-corrected chi connectivity index (χ3v) is 1.06. The maximum Gasteiger partial charge on any atom is 0.301 e. The molecule has 0 rings (SSSR count). The van der Waals surface area contributed by atoms with Crippen LogP contribution in [0, 0.1) is 0 Å². The summed E-state index contributed by atoms with van der Waals surface area (Å²) in [5.41, 5.74) is 4.88. The van der Waals surface area contributed by atoms with E-state index in [1.54, 1.807) is 0 Å². The molecule has 6 heteroatoms. The fraction of sp³-hybridized carbons (Fsp3) is 0.500. The summed E-state index contributed by atoms with van der Waals surface area (Å²) in [6, 6.07) is 0. The molecule has 0 aromatic carbocycles. The van der Waals surface area contributed by atoms with Gasteiger partial charge in [-0.15, -0.1) is 0 Å². The van der Waals surface area contributed by atoms with E-state index in [1.165, 1.54) is 0 Å². The first-order valence-electron chi connectivity index (χ1n) is 3.24. The highest BCUT2D eigenvalue weighted by atomic mass is 19.3. The standard InChI is InChI=1S/C6H9F3N2O/c7-4(6(8)9)1-2-11-5(12)3-10/h1-3,10H2,(H,11,12). The minimum Gasteiger partial charge on any atom is -0.355 e. The number of hydrogen-bond donors (Lipinski definition) is 2. The van der Waals surface area contributed by atoms with Crippen molar-refractivity contribution in [2.24, 2.45) is 5.73 Å². The second-order valence-electron chi connectivity index (χ2n) is 1.97. The fourth-order valence-electron chi connectivity index (χ4n) is 0.478. The summed E-state index contributed by atoms with van der Waals surface area (Å²) in [5.74, 6) is -2.01. The Morgan fingerprint density at radius 3 is 2.33 bits per heavy atom. The van der Waals surface area contributed by atoms with Gasteiger partial charge in [-0.1, -0.05) is 0 Å². The highest BCUT2D eigenvalue weighted by molar-refractivity contribution is 5.77. The van der Waals surface area contributed by atoms with Gasteiger partial charge in [0.25, 0.3) is 0 Å². The first-order valence-corrected chi connectivity index (χ1v) is 3.24. The number of carbonyl (C=O) groups is 1. The number of halogens is 3. The minimum atomic E-state index is -2.35. The van der Waals surface area contributed by atoms with Gasteiger partial charge in [-0.25, -0.2) is 4.39 Å². The van der Waals surface area contributed by atoms with Crippen LogP contribution < -0.4 is 11.1 Å². The molecule has 0 saturated heterocycles. The van der Waals surface area contributed by atoms with Crippen LogP contribution in [0.3, 0.4) is 0 Å². The van der Waals surface area contributed by atoms with Crippen LogP contribution in [0.5, 0.6) is 0 Å². The quantitative estimate of drug-likeness (QED) is 0.666. The van der Waals surface area contributed by atoms with E-state index in [9.17, 15) is 18.0 Å². The van der Waals surface area contributed by atoms with Gasteiger partial charge in [-0.2, -0.15) is 8.78 Å². The van der Waals surface area contributed by atoms with Gasteiger partial charge in [0.05, 0.1) is 6.54 Å². The van der Waals surface area contributed by atoms with Crippen LogP contribution in [0.25, 0.3) is 0 Å². The van der Waals surface area contributed by atoms with Crippen LogP contribution in [0.1, 0.15) is 6.42 Å². The van der Waals surface area contributed by atoms with E-state index in [1.807, 2.05) is 0 Å². The summed E-state index contributed by atoms with van der Waals surface area (Å²) < 4.78 is 34.8. The Hall–Kier alpha value is -1.04. The Morgan fingerprint density at radius 2 is 1.92 bits per heavy atom. The molecule has 0 fully saturated rings. The Balaban J connectivity index is 3.58. The highest BCUT2D eigenvalue weighted by Gasteiger charge is 2.04. The van der Waals surface area contributed by atoms with E-state index in [-0.39, 0.29) is 13.1 Å². The second-order valence-corrected chi connectivity index (χ2v) is 1.97. The lowest BCUT2D eigenvalue weighted by molar-refractivity contribution is -0.119. The zero-order valence-electron chi connectivity index (χ0n) is 6.24. The van der Waals surface area contributed by atoms with Crippen molar-refractivity contribution in [3.63, 3.8) is 0 Å². The fourth-order valence-corrected chi connectivity index (χ4v) is 0.478. The van der Waals surface area contributed by atoms with E-state index in [0.717, 1.165) is 0 Å². The molecule has 0 aliphatic carbocycles. The summed E-state index contributed by atoms with van der Waals surface area (Å²) >= 11 is 0. The molecule has 0 bridgehead atoms. The molecular formula is C6H9F3N2O. The van der Waals surface area contributed by atoms with Gasteiger partial charge in [-0.3, -0.25) is 4.79 Å². The van der Waals surface area contributed by atoms with Crippen molar-refractivity contribution in [2.45, 2.75) is 6.42 Å². The van der Waals surface area contributed by atoms with E-state index in [2.05, 4.69) is 5.32 Å². The molecule has 0 saturated carbocycles. The van der Waals surface area contributed by atoms with Crippen LogP contribution in [-0.4, -0.2) is 19.0 Å². The molecule has 70 valence electrons. The predicted molar refractivity (Wildman–Crippen MR) is 37.0 cm³/mol. The van der Waals surface area contributed by atoms with E-state index >= 15 is 0 Å². The lowest BCUT2D eigenvalue weighted by atomic mass is 10.4. The molecule has 0 atom stereocenters. The molecule has 12 heavy (non-hydrogen) atoms. The third-order valence-electron chi connectivity index (χ3n) is 1.06. The minimum absolute atomic E-state index is 0.167. The number of hydrogen-bond acceptors (Lipinski definition) is 2. The first kappa shape index (κ1) is 11.0. The van der Waals surface area contributed by atoms with Gasteiger partial charge in [-0.05, 0) is 0 Å². The zero-order chi connectivity index (χ0) is 9.56. The maximum atomic E-state index is 12.0. The van der Waals surface area contributed by atoms with Crippen molar-refractivity contribution in [1.29, 1.82) is 0 Å². The molecule has 0 aromatic rings. The monoisotopic (exact) mass is 182 g/mol. The van der Waals surface area contributed by atoms with Crippen LogP contribution >= 0.6 is 0 Å². The van der Waals surface area contributed by atoms with E-state index in [4.69, 9.17) is 5.73 Å². The van der Waals surface area contributed by atoms with Crippen molar-refractivity contribution in [2.75, 3.05) is 13.1 Å². The number of nitrogens with one attached hydrogen (secondary N) is 1. The van der Waals surface area contributed by atoms with Crippen molar-refractivity contribution < 1.29 is 18.0 Å². The van der Waals surface area contributed by atoms with Crippen molar-refractivity contribution in [3.05, 3.63) is 11.9 Å². The van der Waals surface area contributed by atoms with Crippen LogP contribution in [0.4, 0.5) is 13.2 Å². The van der Waals surface area contributed by atoms with Gasteiger partial charge in [0, 0.05) is 13.0 Å². The first-order chi connectivity index (χ1) is 5.57. The molecule has 3 N–H and O–H groups in total. The third kappa shape index (κ3) is 4.73. The highest BCUT2D eigenvalue weighted by Crippen LogP contribution is 2.11. The van der Waals surface area contributed by atoms with Gasteiger partial charge >= 0.3 is 6.08 Å². The predicted octanol–water partition coefficient (Wildman–Crippen LogP) is 0.529. The Labute approximate surface area is 67.4 Å². The smallest absolute Gasteiger partial charge is 0.301 e. The molecule has 1 amide bonds. The summed E-state index contributed by atoms with van der Waals surface area (Å²) in [5, 5.41) is 2.15. The largest absolute Gasteiger partial charge is 0.355 e. The van der Waals surface area contributed by atoms with E-state index in [0.29, 0.717) is 0 Å². The number of nitrogens with two attached hydrogens (primary N) is 1. The average molecular weight is 182 g/mol. The average Bonchev–Trinajstić information content (AvgIpc) is 2.03. The normalized spacial score (nSPS) is 9.33. The number of amides is 1. The topological polar surface area (TPSA) is 55.1 Å². The summed E-state index contributed by atoms with van der Waals surface area (Å²) in [6.07, 6.45) is -2.86. The van der Waals surface area contributed by atoms with Crippen LogP contribution in [-0.2, 0) is 4.79 Å².